The fraction of sp³-hybridized carbons (Fsp3) is 0.400. The highest BCUT2D eigenvalue weighted by molar-refractivity contribution is 8.00. The lowest BCUT2D eigenvalue weighted by Crippen LogP contribution is -2.23. The number of H-pyrrole nitrogens is 1. The standard InChI is InChI=1S/C15H17F3N4OS/c1-7(24-14-20-13(21-22-14)15(2,3)4)12(23)19-9-6-5-8(16)10(17)11(9)18/h5-7H,1-4H3,(H,19,23)(H,20,21,22). The molecule has 1 amide bonds. The van der Waals surface area contributed by atoms with Crippen LogP contribution in [0.2, 0.25) is 0 Å². The summed E-state index contributed by atoms with van der Waals surface area (Å²) in [5.41, 5.74) is -0.636. The number of halogens is 3. The third kappa shape index (κ3) is 4.08. The summed E-state index contributed by atoms with van der Waals surface area (Å²) >= 11 is 1.07. The highest BCUT2D eigenvalue weighted by atomic mass is 32.2. The predicted octanol–water partition coefficient (Wildman–Crippen LogP) is 3.64. The molecule has 5 nitrogen and oxygen atoms in total. The van der Waals surface area contributed by atoms with Gasteiger partial charge in [0.2, 0.25) is 11.1 Å². The summed E-state index contributed by atoms with van der Waals surface area (Å²) in [6.45, 7) is 7.46. The molecule has 0 bridgehead atoms. The molecule has 0 aliphatic rings. The van der Waals surface area contributed by atoms with Crippen LogP contribution in [0.15, 0.2) is 17.3 Å². The Bertz CT molecular complexity index is 758. The summed E-state index contributed by atoms with van der Waals surface area (Å²) in [4.78, 5) is 16.4. The van der Waals surface area contributed by atoms with Gasteiger partial charge in [0.25, 0.3) is 0 Å². The highest BCUT2D eigenvalue weighted by Crippen LogP contribution is 2.25. The quantitative estimate of drug-likeness (QED) is 0.647. The average Bonchev–Trinajstić information content (AvgIpc) is 2.96. The first kappa shape index (κ1) is 18.3. The Labute approximate surface area is 141 Å². The fourth-order valence-corrected chi connectivity index (χ4v) is 2.43. The Kier molecular flexibility index (Phi) is 5.22. The SMILES string of the molecule is CC(Sc1n[nH]c(C(C)(C)C)n1)C(=O)Nc1ccc(F)c(F)c1F. The number of aromatic amines is 1. The predicted molar refractivity (Wildman–Crippen MR) is 85.3 cm³/mol. The minimum atomic E-state index is -1.63. The number of carbonyl (C=O) groups excluding carboxylic acids is 1. The van der Waals surface area contributed by atoms with E-state index in [-0.39, 0.29) is 5.41 Å². The minimum absolute atomic E-state index is 0.216. The van der Waals surface area contributed by atoms with E-state index in [0.29, 0.717) is 11.0 Å². The van der Waals surface area contributed by atoms with E-state index in [4.69, 9.17) is 0 Å². The molecule has 1 unspecified atom stereocenters. The number of nitrogens with zero attached hydrogens (tertiary/aromatic N) is 2. The maximum absolute atomic E-state index is 13.6. The molecule has 0 radical (unpaired) electrons. The lowest BCUT2D eigenvalue weighted by Gasteiger charge is -2.13. The number of amides is 1. The molecule has 2 N–H and O–H groups in total. The Morgan fingerprint density at radius 1 is 1.25 bits per heavy atom. The van der Waals surface area contributed by atoms with Gasteiger partial charge in [0.15, 0.2) is 17.5 Å². The summed E-state index contributed by atoms with van der Waals surface area (Å²) in [6, 6.07) is 1.71. The van der Waals surface area contributed by atoms with Crippen molar-refractivity contribution in [3.05, 3.63) is 35.4 Å². The number of hydrogen-bond acceptors (Lipinski definition) is 4. The van der Waals surface area contributed by atoms with Crippen LogP contribution in [0, 0.1) is 17.5 Å². The van der Waals surface area contributed by atoms with E-state index in [0.717, 1.165) is 23.9 Å². The lowest BCUT2D eigenvalue weighted by atomic mass is 9.96. The Morgan fingerprint density at radius 3 is 2.50 bits per heavy atom. The zero-order valence-electron chi connectivity index (χ0n) is 13.6. The van der Waals surface area contributed by atoms with Crippen molar-refractivity contribution in [2.24, 2.45) is 0 Å². The number of anilines is 1. The molecule has 0 fully saturated rings. The van der Waals surface area contributed by atoms with Gasteiger partial charge in [-0.3, -0.25) is 9.89 Å². The molecule has 2 aromatic rings. The molecular weight excluding hydrogens is 341 g/mol. The van der Waals surface area contributed by atoms with E-state index < -0.39 is 34.3 Å². The van der Waals surface area contributed by atoms with Gasteiger partial charge in [0, 0.05) is 5.41 Å². The van der Waals surface area contributed by atoms with Crippen molar-refractivity contribution in [3.63, 3.8) is 0 Å². The van der Waals surface area contributed by atoms with Gasteiger partial charge in [-0.15, -0.1) is 5.10 Å². The van der Waals surface area contributed by atoms with Crippen LogP contribution in [-0.4, -0.2) is 26.3 Å². The van der Waals surface area contributed by atoms with Crippen LogP contribution < -0.4 is 5.32 Å². The van der Waals surface area contributed by atoms with Crippen molar-refractivity contribution >= 4 is 23.4 Å². The third-order valence-electron chi connectivity index (χ3n) is 3.12. The third-order valence-corrected chi connectivity index (χ3v) is 4.08. The van der Waals surface area contributed by atoms with Crippen LogP contribution in [0.5, 0.6) is 0 Å². The number of benzene rings is 1. The second-order valence-corrected chi connectivity index (χ2v) is 7.50. The van der Waals surface area contributed by atoms with Crippen LogP contribution in [0.3, 0.4) is 0 Å². The lowest BCUT2D eigenvalue weighted by molar-refractivity contribution is -0.115. The molecule has 24 heavy (non-hydrogen) atoms. The van der Waals surface area contributed by atoms with E-state index in [1.807, 2.05) is 20.8 Å². The second kappa shape index (κ2) is 6.84. The number of aromatic nitrogens is 3. The van der Waals surface area contributed by atoms with Crippen LogP contribution in [0.1, 0.15) is 33.5 Å². The summed E-state index contributed by atoms with van der Waals surface area (Å²) in [5.74, 6) is -4.29. The maximum Gasteiger partial charge on any atom is 0.237 e. The summed E-state index contributed by atoms with van der Waals surface area (Å²) in [6.07, 6.45) is 0. The molecule has 0 spiro atoms. The minimum Gasteiger partial charge on any atom is -0.323 e. The van der Waals surface area contributed by atoms with E-state index in [9.17, 15) is 18.0 Å². The Hall–Kier alpha value is -2.03. The molecule has 9 heteroatoms. The van der Waals surface area contributed by atoms with Gasteiger partial charge in [0.05, 0.1) is 10.9 Å². The second-order valence-electron chi connectivity index (χ2n) is 6.19. The monoisotopic (exact) mass is 358 g/mol. The molecule has 0 aliphatic heterocycles. The van der Waals surface area contributed by atoms with Gasteiger partial charge in [-0.1, -0.05) is 32.5 Å². The van der Waals surface area contributed by atoms with Gasteiger partial charge in [-0.05, 0) is 19.1 Å². The normalized spacial score (nSPS) is 13.0. The molecule has 0 saturated heterocycles. The van der Waals surface area contributed by atoms with Crippen molar-refractivity contribution in [1.82, 2.24) is 15.2 Å². The van der Waals surface area contributed by atoms with Crippen LogP contribution in [0.25, 0.3) is 0 Å². The van der Waals surface area contributed by atoms with Crippen molar-refractivity contribution in [2.45, 2.75) is 43.5 Å². The first-order valence-electron chi connectivity index (χ1n) is 7.13. The van der Waals surface area contributed by atoms with Crippen molar-refractivity contribution in [3.8, 4) is 0 Å². The van der Waals surface area contributed by atoms with Gasteiger partial charge in [-0.25, -0.2) is 18.2 Å². The summed E-state index contributed by atoms with van der Waals surface area (Å²) < 4.78 is 39.6. The van der Waals surface area contributed by atoms with E-state index in [1.165, 1.54) is 0 Å². The largest absolute Gasteiger partial charge is 0.323 e. The summed E-state index contributed by atoms with van der Waals surface area (Å²) in [5, 5.41) is 8.75. The van der Waals surface area contributed by atoms with Crippen molar-refractivity contribution in [1.29, 1.82) is 0 Å². The molecular formula is C15H17F3N4OS. The molecule has 1 atom stereocenters. The molecule has 1 heterocycles. The molecule has 1 aromatic carbocycles. The first-order chi connectivity index (χ1) is 11.1. The maximum atomic E-state index is 13.6. The van der Waals surface area contributed by atoms with Crippen molar-refractivity contribution < 1.29 is 18.0 Å². The average molecular weight is 358 g/mol. The number of nitrogens with one attached hydrogen (secondary N) is 2. The molecule has 130 valence electrons. The zero-order chi connectivity index (χ0) is 18.1. The molecule has 0 saturated carbocycles. The van der Waals surface area contributed by atoms with Gasteiger partial charge in [-0.2, -0.15) is 0 Å². The number of carbonyl (C=O) groups is 1. The van der Waals surface area contributed by atoms with Gasteiger partial charge >= 0.3 is 0 Å². The van der Waals surface area contributed by atoms with Gasteiger partial charge in [0.1, 0.15) is 5.82 Å². The molecule has 0 aliphatic carbocycles. The Morgan fingerprint density at radius 2 is 1.92 bits per heavy atom. The van der Waals surface area contributed by atoms with E-state index in [1.54, 1.807) is 6.92 Å². The fourth-order valence-electron chi connectivity index (χ4n) is 1.70. The van der Waals surface area contributed by atoms with Crippen LogP contribution in [0.4, 0.5) is 18.9 Å². The van der Waals surface area contributed by atoms with E-state index >= 15 is 0 Å². The number of hydrogen-bond donors (Lipinski definition) is 2. The highest BCUT2D eigenvalue weighted by Gasteiger charge is 2.23. The number of rotatable bonds is 4. The molecule has 2 rings (SSSR count). The first-order valence-corrected chi connectivity index (χ1v) is 8.01. The van der Waals surface area contributed by atoms with Crippen molar-refractivity contribution in [2.75, 3.05) is 5.32 Å². The zero-order valence-corrected chi connectivity index (χ0v) is 14.4. The van der Waals surface area contributed by atoms with Gasteiger partial charge < -0.3 is 5.32 Å². The Balaban J connectivity index is 2.05. The van der Waals surface area contributed by atoms with Crippen LogP contribution in [-0.2, 0) is 10.2 Å². The summed E-state index contributed by atoms with van der Waals surface area (Å²) in [7, 11) is 0. The topological polar surface area (TPSA) is 70.7 Å². The van der Waals surface area contributed by atoms with E-state index in [2.05, 4.69) is 20.5 Å². The van der Waals surface area contributed by atoms with Crippen LogP contribution >= 0.6 is 11.8 Å². The molecule has 1 aromatic heterocycles. The smallest absolute Gasteiger partial charge is 0.237 e. The number of thioether (sulfide) groups is 1.